The van der Waals surface area contributed by atoms with E-state index in [0.717, 1.165) is 11.1 Å². The molecule has 1 rings (SSSR count). The van der Waals surface area contributed by atoms with Gasteiger partial charge in [-0.3, -0.25) is 4.79 Å². The Morgan fingerprint density at radius 1 is 1.50 bits per heavy atom. The minimum Gasteiger partial charge on any atom is -0.377 e. The van der Waals surface area contributed by atoms with E-state index in [4.69, 9.17) is 16.3 Å². The number of hydrogen-bond acceptors (Lipinski definition) is 2. The van der Waals surface area contributed by atoms with Crippen LogP contribution in [0.2, 0.25) is 5.02 Å². The van der Waals surface area contributed by atoms with E-state index < -0.39 is 0 Å². The lowest BCUT2D eigenvalue weighted by Gasteiger charge is -2.04. The molecule has 0 aliphatic carbocycles. The van der Waals surface area contributed by atoms with Crippen LogP contribution in [0.15, 0.2) is 18.2 Å². The highest BCUT2D eigenvalue weighted by atomic mass is 35.5. The van der Waals surface area contributed by atoms with Crippen LogP contribution in [0, 0.1) is 6.92 Å². The Balaban J connectivity index is 2.72. The van der Waals surface area contributed by atoms with Crippen molar-refractivity contribution in [3.8, 4) is 0 Å². The summed E-state index contributed by atoms with van der Waals surface area (Å²) < 4.78 is 4.75. The highest BCUT2D eigenvalue weighted by Crippen LogP contribution is 2.18. The zero-order valence-corrected chi connectivity index (χ0v) is 9.10. The number of Topliss-reactive ketones (excluding diaryl/α,β-unsaturated/α-hetero) is 1. The number of benzene rings is 1. The molecule has 1 aromatic carbocycles. The van der Waals surface area contributed by atoms with Crippen LogP contribution < -0.4 is 0 Å². The molecule has 76 valence electrons. The summed E-state index contributed by atoms with van der Waals surface area (Å²) in [5, 5.41) is 0.648. The minimum atomic E-state index is 0.0400. The van der Waals surface area contributed by atoms with Gasteiger partial charge in [-0.05, 0) is 24.1 Å². The van der Waals surface area contributed by atoms with Crippen molar-refractivity contribution >= 4 is 17.4 Å². The lowest BCUT2D eigenvalue weighted by molar-refractivity contribution is -0.121. The summed E-state index contributed by atoms with van der Waals surface area (Å²) in [5.41, 5.74) is 1.96. The zero-order valence-electron chi connectivity index (χ0n) is 8.34. The Bertz CT molecular complexity index is 334. The molecule has 0 amide bonds. The molecule has 3 heteroatoms. The Morgan fingerprint density at radius 2 is 2.21 bits per heavy atom. The van der Waals surface area contributed by atoms with Crippen molar-refractivity contribution in [3.63, 3.8) is 0 Å². The Labute approximate surface area is 88.8 Å². The van der Waals surface area contributed by atoms with Gasteiger partial charge in [0.15, 0.2) is 5.78 Å². The molecule has 0 atom stereocenters. The lowest BCUT2D eigenvalue weighted by Crippen LogP contribution is -2.09. The highest BCUT2D eigenvalue weighted by Gasteiger charge is 2.06. The van der Waals surface area contributed by atoms with Crippen LogP contribution in [0.25, 0.3) is 0 Å². The molecule has 0 aliphatic rings. The van der Waals surface area contributed by atoms with E-state index >= 15 is 0 Å². The standard InChI is InChI=1S/C11H13ClO2/c1-8-3-4-9(11(12)5-8)6-10(13)7-14-2/h3-5H,6-7H2,1-2H3. The molecule has 0 unspecified atom stereocenters. The molecule has 0 fully saturated rings. The summed E-state index contributed by atoms with van der Waals surface area (Å²) in [7, 11) is 1.51. The Kier molecular flexibility index (Phi) is 4.11. The number of ketones is 1. The second kappa shape index (κ2) is 5.13. The van der Waals surface area contributed by atoms with Crippen molar-refractivity contribution in [1.82, 2.24) is 0 Å². The molecular formula is C11H13ClO2. The lowest BCUT2D eigenvalue weighted by atomic mass is 10.1. The third-order valence-electron chi connectivity index (χ3n) is 1.90. The third-order valence-corrected chi connectivity index (χ3v) is 2.25. The first-order chi connectivity index (χ1) is 6.63. The SMILES string of the molecule is COCC(=O)Cc1ccc(C)cc1Cl. The van der Waals surface area contributed by atoms with Gasteiger partial charge < -0.3 is 4.74 Å². The van der Waals surface area contributed by atoms with Crippen LogP contribution in [-0.4, -0.2) is 19.5 Å². The maximum absolute atomic E-state index is 11.3. The summed E-state index contributed by atoms with van der Waals surface area (Å²) in [5.74, 6) is 0.0400. The fourth-order valence-electron chi connectivity index (χ4n) is 1.22. The van der Waals surface area contributed by atoms with Gasteiger partial charge in [0, 0.05) is 18.6 Å². The number of aryl methyl sites for hydroxylation is 1. The number of methoxy groups -OCH3 is 1. The second-order valence-electron chi connectivity index (χ2n) is 3.24. The molecular weight excluding hydrogens is 200 g/mol. The largest absolute Gasteiger partial charge is 0.377 e. The monoisotopic (exact) mass is 212 g/mol. The van der Waals surface area contributed by atoms with Crippen LogP contribution in [-0.2, 0) is 16.0 Å². The molecule has 0 aromatic heterocycles. The molecule has 1 aromatic rings. The highest BCUT2D eigenvalue weighted by molar-refractivity contribution is 6.31. The van der Waals surface area contributed by atoms with E-state index in [2.05, 4.69) is 0 Å². The molecule has 0 bridgehead atoms. The van der Waals surface area contributed by atoms with Crippen molar-refractivity contribution in [2.24, 2.45) is 0 Å². The fourth-order valence-corrected chi connectivity index (χ4v) is 1.52. The van der Waals surface area contributed by atoms with Crippen molar-refractivity contribution in [1.29, 1.82) is 0 Å². The molecule has 0 spiro atoms. The Morgan fingerprint density at radius 3 is 2.79 bits per heavy atom. The third kappa shape index (κ3) is 3.13. The van der Waals surface area contributed by atoms with E-state index in [1.54, 1.807) is 0 Å². The van der Waals surface area contributed by atoms with Gasteiger partial charge in [0.25, 0.3) is 0 Å². The van der Waals surface area contributed by atoms with Gasteiger partial charge >= 0.3 is 0 Å². The summed E-state index contributed by atoms with van der Waals surface area (Å²) >= 11 is 5.98. The van der Waals surface area contributed by atoms with Gasteiger partial charge in [-0.15, -0.1) is 0 Å². The van der Waals surface area contributed by atoms with Gasteiger partial charge in [-0.1, -0.05) is 23.7 Å². The van der Waals surface area contributed by atoms with Crippen molar-refractivity contribution in [3.05, 3.63) is 34.3 Å². The molecule has 0 aliphatic heterocycles. The van der Waals surface area contributed by atoms with E-state index in [1.165, 1.54) is 7.11 Å². The molecule has 2 nitrogen and oxygen atoms in total. The maximum atomic E-state index is 11.3. The summed E-state index contributed by atoms with van der Waals surface area (Å²) in [6.45, 7) is 2.11. The van der Waals surface area contributed by atoms with E-state index in [9.17, 15) is 4.79 Å². The predicted octanol–water partition coefficient (Wildman–Crippen LogP) is 2.41. The van der Waals surface area contributed by atoms with Crippen molar-refractivity contribution in [2.75, 3.05) is 13.7 Å². The summed E-state index contributed by atoms with van der Waals surface area (Å²) in [6.07, 6.45) is 0.340. The fraction of sp³-hybridized carbons (Fsp3) is 0.364. The number of rotatable bonds is 4. The first kappa shape index (κ1) is 11.2. The van der Waals surface area contributed by atoms with Crippen LogP contribution in [0.3, 0.4) is 0 Å². The minimum absolute atomic E-state index is 0.0400. The van der Waals surface area contributed by atoms with Gasteiger partial charge in [0.1, 0.15) is 6.61 Å². The van der Waals surface area contributed by atoms with E-state index in [1.807, 2.05) is 25.1 Å². The second-order valence-corrected chi connectivity index (χ2v) is 3.65. The van der Waals surface area contributed by atoms with Gasteiger partial charge in [0.05, 0.1) is 0 Å². The average Bonchev–Trinajstić information content (AvgIpc) is 2.10. The van der Waals surface area contributed by atoms with Crippen LogP contribution in [0.5, 0.6) is 0 Å². The predicted molar refractivity (Wildman–Crippen MR) is 56.8 cm³/mol. The summed E-state index contributed by atoms with van der Waals surface area (Å²) in [6, 6.07) is 5.68. The Hall–Kier alpha value is -0.860. The van der Waals surface area contributed by atoms with Crippen LogP contribution in [0.4, 0.5) is 0 Å². The first-order valence-electron chi connectivity index (χ1n) is 4.39. The first-order valence-corrected chi connectivity index (χ1v) is 4.77. The van der Waals surface area contributed by atoms with Crippen LogP contribution in [0.1, 0.15) is 11.1 Å². The molecule has 0 heterocycles. The van der Waals surface area contributed by atoms with Crippen molar-refractivity contribution < 1.29 is 9.53 Å². The summed E-state index contributed by atoms with van der Waals surface area (Å²) in [4.78, 5) is 11.3. The number of ether oxygens (including phenoxy) is 1. The molecule has 0 saturated carbocycles. The molecule has 0 radical (unpaired) electrons. The quantitative estimate of drug-likeness (QED) is 0.766. The number of carbonyl (C=O) groups excluding carboxylic acids is 1. The molecule has 0 saturated heterocycles. The van der Waals surface area contributed by atoms with Crippen molar-refractivity contribution in [2.45, 2.75) is 13.3 Å². The molecule has 14 heavy (non-hydrogen) atoms. The van der Waals surface area contributed by atoms with Gasteiger partial charge in [0.2, 0.25) is 0 Å². The average molecular weight is 213 g/mol. The maximum Gasteiger partial charge on any atom is 0.162 e. The van der Waals surface area contributed by atoms with Gasteiger partial charge in [-0.2, -0.15) is 0 Å². The number of hydrogen-bond donors (Lipinski definition) is 0. The van der Waals surface area contributed by atoms with E-state index in [0.29, 0.717) is 11.4 Å². The number of halogens is 1. The number of carbonyl (C=O) groups is 1. The topological polar surface area (TPSA) is 26.3 Å². The van der Waals surface area contributed by atoms with E-state index in [-0.39, 0.29) is 12.4 Å². The zero-order chi connectivity index (χ0) is 10.6. The van der Waals surface area contributed by atoms with Crippen LogP contribution >= 0.6 is 11.6 Å². The van der Waals surface area contributed by atoms with Gasteiger partial charge in [-0.25, -0.2) is 0 Å². The normalized spacial score (nSPS) is 10.2. The molecule has 0 N–H and O–H groups in total. The smallest absolute Gasteiger partial charge is 0.162 e.